The van der Waals surface area contributed by atoms with E-state index in [0.717, 1.165) is 37.8 Å². The van der Waals surface area contributed by atoms with Gasteiger partial charge in [0.25, 0.3) is 0 Å². The summed E-state index contributed by atoms with van der Waals surface area (Å²) in [6.07, 6.45) is 3.92. The Kier molecular flexibility index (Phi) is 3.31. The van der Waals surface area contributed by atoms with Gasteiger partial charge in [0.05, 0.1) is 11.1 Å². The first-order valence-electron chi connectivity index (χ1n) is 6.51. The molecule has 0 aliphatic carbocycles. The van der Waals surface area contributed by atoms with Gasteiger partial charge in [0.1, 0.15) is 5.82 Å². The molecule has 3 rings (SSSR count). The van der Waals surface area contributed by atoms with Crippen molar-refractivity contribution in [3.05, 3.63) is 34.6 Å². The van der Waals surface area contributed by atoms with Crippen LogP contribution in [0.4, 0.5) is 4.39 Å². The van der Waals surface area contributed by atoms with Crippen LogP contribution >= 0.6 is 11.6 Å². The number of rotatable bonds is 2. The van der Waals surface area contributed by atoms with E-state index in [-0.39, 0.29) is 16.9 Å². The second-order valence-electron chi connectivity index (χ2n) is 5.43. The van der Waals surface area contributed by atoms with Crippen LogP contribution in [0.15, 0.2) is 18.2 Å². The van der Waals surface area contributed by atoms with E-state index in [4.69, 9.17) is 11.6 Å². The van der Waals surface area contributed by atoms with Crippen molar-refractivity contribution in [2.45, 2.75) is 50.4 Å². The number of fused-ring (bicyclic) bond motifs is 2. The van der Waals surface area contributed by atoms with Crippen molar-refractivity contribution < 1.29 is 9.50 Å². The van der Waals surface area contributed by atoms with Crippen LogP contribution in [0.3, 0.4) is 0 Å². The number of hydrogen-bond acceptors (Lipinski definition) is 2. The minimum atomic E-state index is -0.363. The van der Waals surface area contributed by atoms with Crippen LogP contribution in [-0.4, -0.2) is 28.2 Å². The highest BCUT2D eigenvalue weighted by atomic mass is 35.5. The highest BCUT2D eigenvalue weighted by molar-refractivity contribution is 6.30. The molecule has 2 unspecified atom stereocenters. The predicted octanol–water partition coefficient (Wildman–Crippen LogP) is 2.97. The first-order chi connectivity index (χ1) is 8.63. The molecule has 1 aromatic rings. The van der Waals surface area contributed by atoms with Gasteiger partial charge in [-0.1, -0.05) is 17.7 Å². The molecule has 2 aliphatic heterocycles. The maximum atomic E-state index is 13.1. The lowest BCUT2D eigenvalue weighted by molar-refractivity contribution is 0.0310. The fraction of sp³-hybridized carbons (Fsp3) is 0.571. The standard InChI is InChI=1S/C14H17ClFNO/c15-13-5-9(1-4-14(13)16)8-17-10-2-3-11(17)7-12(18)6-10/h1,4-5,10-12,18H,2-3,6-8H2. The summed E-state index contributed by atoms with van der Waals surface area (Å²) in [7, 11) is 0. The zero-order valence-corrected chi connectivity index (χ0v) is 10.9. The molecule has 2 bridgehead atoms. The molecule has 2 aliphatic rings. The van der Waals surface area contributed by atoms with Crippen LogP contribution in [0, 0.1) is 5.82 Å². The highest BCUT2D eigenvalue weighted by Crippen LogP contribution is 2.36. The van der Waals surface area contributed by atoms with Crippen molar-refractivity contribution >= 4 is 11.6 Å². The molecule has 98 valence electrons. The average Bonchev–Trinajstić information content (AvgIpc) is 2.58. The molecule has 18 heavy (non-hydrogen) atoms. The van der Waals surface area contributed by atoms with Crippen LogP contribution in [0.5, 0.6) is 0 Å². The van der Waals surface area contributed by atoms with E-state index in [2.05, 4.69) is 4.90 Å². The van der Waals surface area contributed by atoms with E-state index in [0.29, 0.717) is 12.1 Å². The van der Waals surface area contributed by atoms with E-state index in [1.54, 1.807) is 12.1 Å². The monoisotopic (exact) mass is 269 g/mol. The summed E-state index contributed by atoms with van der Waals surface area (Å²) in [5, 5.41) is 9.95. The Morgan fingerprint density at radius 2 is 1.94 bits per heavy atom. The van der Waals surface area contributed by atoms with Gasteiger partial charge >= 0.3 is 0 Å². The van der Waals surface area contributed by atoms with Gasteiger partial charge in [-0.05, 0) is 43.4 Å². The Morgan fingerprint density at radius 1 is 1.28 bits per heavy atom. The SMILES string of the molecule is OC1CC2CCC(C1)N2Cc1ccc(F)c(Cl)c1. The van der Waals surface area contributed by atoms with Crippen LogP contribution in [0.25, 0.3) is 0 Å². The Morgan fingerprint density at radius 3 is 2.56 bits per heavy atom. The van der Waals surface area contributed by atoms with Gasteiger partial charge < -0.3 is 5.11 Å². The summed E-state index contributed by atoms with van der Waals surface area (Å²) in [5.41, 5.74) is 1.05. The third-order valence-corrected chi connectivity index (χ3v) is 4.50. The summed E-state index contributed by atoms with van der Waals surface area (Å²) < 4.78 is 13.1. The van der Waals surface area contributed by atoms with Crippen molar-refractivity contribution in [2.24, 2.45) is 0 Å². The third kappa shape index (κ3) is 2.27. The van der Waals surface area contributed by atoms with Gasteiger partial charge in [-0.15, -0.1) is 0 Å². The van der Waals surface area contributed by atoms with E-state index in [1.165, 1.54) is 6.07 Å². The van der Waals surface area contributed by atoms with E-state index >= 15 is 0 Å². The van der Waals surface area contributed by atoms with Crippen LogP contribution < -0.4 is 0 Å². The Hall–Kier alpha value is -0.640. The molecule has 0 amide bonds. The Balaban J connectivity index is 1.75. The first kappa shape index (κ1) is 12.4. The quantitative estimate of drug-likeness (QED) is 0.892. The zero-order chi connectivity index (χ0) is 12.7. The maximum absolute atomic E-state index is 13.1. The van der Waals surface area contributed by atoms with Crippen LogP contribution in [0.1, 0.15) is 31.2 Å². The topological polar surface area (TPSA) is 23.5 Å². The van der Waals surface area contributed by atoms with Crippen molar-refractivity contribution in [1.82, 2.24) is 4.90 Å². The lowest BCUT2D eigenvalue weighted by atomic mass is 9.99. The van der Waals surface area contributed by atoms with Crippen molar-refractivity contribution in [2.75, 3.05) is 0 Å². The smallest absolute Gasteiger partial charge is 0.141 e. The minimum Gasteiger partial charge on any atom is -0.393 e. The van der Waals surface area contributed by atoms with Gasteiger partial charge in [-0.25, -0.2) is 4.39 Å². The minimum absolute atomic E-state index is 0.143. The molecular weight excluding hydrogens is 253 g/mol. The molecule has 2 nitrogen and oxygen atoms in total. The molecule has 1 N–H and O–H groups in total. The molecule has 2 fully saturated rings. The largest absolute Gasteiger partial charge is 0.393 e. The van der Waals surface area contributed by atoms with Gasteiger partial charge in [0.2, 0.25) is 0 Å². The van der Waals surface area contributed by atoms with Gasteiger partial charge in [-0.3, -0.25) is 4.90 Å². The van der Waals surface area contributed by atoms with Gasteiger partial charge in [-0.2, -0.15) is 0 Å². The third-order valence-electron chi connectivity index (χ3n) is 4.21. The highest BCUT2D eigenvalue weighted by Gasteiger charge is 2.39. The summed E-state index contributed by atoms with van der Waals surface area (Å²) in [5.74, 6) is -0.363. The molecular formula is C14H17ClFNO. The number of halogens is 2. The molecule has 4 heteroatoms. The zero-order valence-electron chi connectivity index (χ0n) is 10.1. The lowest BCUT2D eigenvalue weighted by Crippen LogP contribution is -2.44. The fourth-order valence-electron chi connectivity index (χ4n) is 3.35. The maximum Gasteiger partial charge on any atom is 0.141 e. The van der Waals surface area contributed by atoms with Crippen LogP contribution in [0.2, 0.25) is 5.02 Å². The van der Waals surface area contributed by atoms with Gasteiger partial charge in [0.15, 0.2) is 0 Å². The van der Waals surface area contributed by atoms with Crippen molar-refractivity contribution in [3.63, 3.8) is 0 Å². The summed E-state index contributed by atoms with van der Waals surface area (Å²) >= 11 is 5.81. The molecule has 2 saturated heterocycles. The molecule has 0 saturated carbocycles. The molecule has 2 heterocycles. The van der Waals surface area contributed by atoms with E-state index < -0.39 is 0 Å². The van der Waals surface area contributed by atoms with Crippen molar-refractivity contribution in [3.8, 4) is 0 Å². The predicted molar refractivity (Wildman–Crippen MR) is 69.0 cm³/mol. The van der Waals surface area contributed by atoms with Gasteiger partial charge in [0, 0.05) is 18.6 Å². The summed E-state index contributed by atoms with van der Waals surface area (Å²) in [6, 6.07) is 5.89. The number of hydrogen-bond donors (Lipinski definition) is 1. The lowest BCUT2D eigenvalue weighted by Gasteiger charge is -2.37. The van der Waals surface area contributed by atoms with Crippen molar-refractivity contribution in [1.29, 1.82) is 0 Å². The number of piperidine rings is 1. The number of benzene rings is 1. The summed E-state index contributed by atoms with van der Waals surface area (Å²) in [4.78, 5) is 2.44. The number of aliphatic hydroxyl groups is 1. The normalized spacial score (nSPS) is 31.8. The Labute approximate surface area is 111 Å². The first-order valence-corrected chi connectivity index (χ1v) is 6.89. The second-order valence-corrected chi connectivity index (χ2v) is 5.84. The molecule has 0 aromatic heterocycles. The van der Waals surface area contributed by atoms with Crippen LogP contribution in [-0.2, 0) is 6.54 Å². The molecule has 0 spiro atoms. The number of nitrogens with zero attached hydrogens (tertiary/aromatic N) is 1. The number of aliphatic hydroxyl groups excluding tert-OH is 1. The fourth-order valence-corrected chi connectivity index (χ4v) is 3.56. The molecule has 0 radical (unpaired) electrons. The molecule has 2 atom stereocenters. The average molecular weight is 270 g/mol. The van der Waals surface area contributed by atoms with E-state index in [1.807, 2.05) is 0 Å². The molecule has 1 aromatic carbocycles. The summed E-state index contributed by atoms with van der Waals surface area (Å²) in [6.45, 7) is 0.808. The second kappa shape index (κ2) is 4.80. The Bertz CT molecular complexity index is 439. The van der Waals surface area contributed by atoms with E-state index in [9.17, 15) is 9.50 Å².